The summed E-state index contributed by atoms with van der Waals surface area (Å²) in [5.41, 5.74) is 4.12. The molecule has 1 amide bonds. The van der Waals surface area contributed by atoms with E-state index in [9.17, 15) is 4.79 Å². The number of aryl methyl sites for hydroxylation is 3. The molecule has 1 aromatic carbocycles. The number of benzene rings is 1. The number of likely N-dealkylation sites (tertiary alicyclic amines) is 1. The molecule has 1 fully saturated rings. The first-order valence-electron chi connectivity index (χ1n) is 8.69. The molecule has 0 aliphatic carbocycles. The van der Waals surface area contributed by atoms with Crippen LogP contribution in [0.15, 0.2) is 24.3 Å². The molecule has 2 aliphatic rings. The molecule has 0 unspecified atom stereocenters. The second-order valence-corrected chi connectivity index (χ2v) is 6.84. The molecular formula is C19H23N3O2. The quantitative estimate of drug-likeness (QED) is 0.853. The highest BCUT2D eigenvalue weighted by molar-refractivity contribution is 5.94. The number of aromatic nitrogens is 2. The van der Waals surface area contributed by atoms with Crippen LogP contribution in [0.4, 0.5) is 0 Å². The van der Waals surface area contributed by atoms with Crippen LogP contribution in [-0.2, 0) is 6.42 Å². The molecule has 1 saturated heterocycles. The van der Waals surface area contributed by atoms with Gasteiger partial charge in [0.25, 0.3) is 5.91 Å². The van der Waals surface area contributed by atoms with Crippen molar-refractivity contribution in [3.63, 3.8) is 0 Å². The highest BCUT2D eigenvalue weighted by Crippen LogP contribution is 2.28. The Hall–Kier alpha value is -2.30. The monoisotopic (exact) mass is 325 g/mol. The van der Waals surface area contributed by atoms with Crippen molar-refractivity contribution < 1.29 is 9.53 Å². The van der Waals surface area contributed by atoms with Gasteiger partial charge in [-0.25, -0.2) is 0 Å². The molecule has 5 heteroatoms. The van der Waals surface area contributed by atoms with Gasteiger partial charge >= 0.3 is 0 Å². The van der Waals surface area contributed by atoms with Gasteiger partial charge in [-0.15, -0.1) is 0 Å². The molecular weight excluding hydrogens is 302 g/mol. The van der Waals surface area contributed by atoms with Crippen LogP contribution in [0.5, 0.6) is 5.75 Å². The Kier molecular flexibility index (Phi) is 3.79. The lowest BCUT2D eigenvalue weighted by atomic mass is 10.0. The lowest BCUT2D eigenvalue weighted by Gasteiger charge is -2.20. The lowest BCUT2D eigenvalue weighted by molar-refractivity contribution is 0.0786. The topological polar surface area (TPSA) is 47.4 Å². The number of nitrogens with zero attached hydrogens (tertiary/aromatic N) is 3. The third-order valence-corrected chi connectivity index (χ3v) is 5.00. The zero-order valence-corrected chi connectivity index (χ0v) is 14.3. The second-order valence-electron chi connectivity index (χ2n) is 6.84. The highest BCUT2D eigenvalue weighted by Gasteiger charge is 2.29. The molecule has 2 aliphatic heterocycles. The van der Waals surface area contributed by atoms with Crippen molar-refractivity contribution in [1.29, 1.82) is 0 Å². The van der Waals surface area contributed by atoms with E-state index in [1.807, 2.05) is 30.0 Å². The van der Waals surface area contributed by atoms with Crippen molar-refractivity contribution in [2.45, 2.75) is 39.2 Å². The Morgan fingerprint density at radius 3 is 2.96 bits per heavy atom. The maximum Gasteiger partial charge on any atom is 0.253 e. The van der Waals surface area contributed by atoms with Crippen LogP contribution < -0.4 is 4.74 Å². The Balaban J connectivity index is 1.50. The molecule has 0 spiro atoms. The number of hydrogen-bond donors (Lipinski definition) is 0. The van der Waals surface area contributed by atoms with Gasteiger partial charge in [-0.1, -0.05) is 0 Å². The van der Waals surface area contributed by atoms with Crippen molar-refractivity contribution in [3.05, 3.63) is 46.8 Å². The van der Waals surface area contributed by atoms with E-state index in [1.165, 1.54) is 0 Å². The summed E-state index contributed by atoms with van der Waals surface area (Å²) in [4.78, 5) is 14.8. The predicted octanol–water partition coefficient (Wildman–Crippen LogP) is 2.91. The summed E-state index contributed by atoms with van der Waals surface area (Å²) >= 11 is 0. The van der Waals surface area contributed by atoms with E-state index >= 15 is 0 Å². The number of amides is 1. The number of fused-ring (bicyclic) bond motifs is 1. The molecule has 3 heterocycles. The van der Waals surface area contributed by atoms with E-state index in [0.717, 1.165) is 67.2 Å². The second kappa shape index (κ2) is 5.96. The average Bonchev–Trinajstić information content (AvgIpc) is 3.20. The summed E-state index contributed by atoms with van der Waals surface area (Å²) in [6.07, 6.45) is 2.97. The van der Waals surface area contributed by atoms with Gasteiger partial charge < -0.3 is 9.64 Å². The third kappa shape index (κ3) is 2.68. The summed E-state index contributed by atoms with van der Waals surface area (Å²) in [6, 6.07) is 8.21. The van der Waals surface area contributed by atoms with Gasteiger partial charge in [-0.3, -0.25) is 9.48 Å². The lowest BCUT2D eigenvalue weighted by Crippen LogP contribution is -2.29. The highest BCUT2D eigenvalue weighted by atomic mass is 16.5. The maximum atomic E-state index is 12.9. The molecule has 0 bridgehead atoms. The normalized spacial score (nSPS) is 19.9. The van der Waals surface area contributed by atoms with Gasteiger partial charge in [-0.2, -0.15) is 5.10 Å². The van der Waals surface area contributed by atoms with E-state index in [1.54, 1.807) is 0 Å². The minimum Gasteiger partial charge on any atom is -0.493 e. The molecule has 0 radical (unpaired) electrons. The molecule has 1 atom stereocenters. The van der Waals surface area contributed by atoms with Crippen LogP contribution in [0.3, 0.4) is 0 Å². The summed E-state index contributed by atoms with van der Waals surface area (Å²) < 4.78 is 7.71. The number of hydrogen-bond acceptors (Lipinski definition) is 3. The van der Waals surface area contributed by atoms with E-state index in [0.29, 0.717) is 0 Å². The number of rotatable bonds is 2. The predicted molar refractivity (Wildman–Crippen MR) is 91.5 cm³/mol. The van der Waals surface area contributed by atoms with Crippen molar-refractivity contribution >= 4 is 5.91 Å². The molecule has 5 nitrogen and oxygen atoms in total. The van der Waals surface area contributed by atoms with E-state index in [2.05, 4.69) is 22.8 Å². The number of ether oxygens (including phenoxy) is 1. The summed E-state index contributed by atoms with van der Waals surface area (Å²) in [5, 5.41) is 4.58. The zero-order chi connectivity index (χ0) is 16.7. The van der Waals surface area contributed by atoms with Crippen LogP contribution in [0.1, 0.15) is 46.2 Å². The van der Waals surface area contributed by atoms with Crippen LogP contribution in [0.2, 0.25) is 0 Å². The van der Waals surface area contributed by atoms with Crippen molar-refractivity contribution in [1.82, 2.24) is 14.7 Å². The first-order valence-corrected chi connectivity index (χ1v) is 8.69. The Labute approximate surface area is 142 Å². The zero-order valence-electron chi connectivity index (χ0n) is 14.3. The Morgan fingerprint density at radius 1 is 1.29 bits per heavy atom. The Morgan fingerprint density at radius 2 is 2.17 bits per heavy atom. The average molecular weight is 325 g/mol. The van der Waals surface area contributed by atoms with E-state index in [4.69, 9.17) is 4.74 Å². The van der Waals surface area contributed by atoms with Gasteiger partial charge in [0.1, 0.15) is 5.75 Å². The fourth-order valence-corrected chi connectivity index (χ4v) is 3.82. The van der Waals surface area contributed by atoms with E-state index in [-0.39, 0.29) is 11.9 Å². The standard InChI is InChI=1S/C19H23N3O2/c1-13-10-14(2)22(20-13)17-7-8-21(12-17)19(23)16-5-6-18-15(11-16)4-3-9-24-18/h5-6,10-11,17H,3-4,7-9,12H2,1-2H3/t17-/m1/s1. The maximum absolute atomic E-state index is 12.9. The van der Waals surface area contributed by atoms with Crippen LogP contribution in [0.25, 0.3) is 0 Å². The van der Waals surface area contributed by atoms with Crippen molar-refractivity contribution in [2.24, 2.45) is 0 Å². The molecule has 4 rings (SSSR count). The molecule has 2 aromatic rings. The van der Waals surface area contributed by atoms with Crippen LogP contribution in [-0.4, -0.2) is 40.3 Å². The minimum absolute atomic E-state index is 0.118. The molecule has 126 valence electrons. The fraction of sp³-hybridized carbons (Fsp3) is 0.474. The minimum atomic E-state index is 0.118. The fourth-order valence-electron chi connectivity index (χ4n) is 3.82. The first kappa shape index (κ1) is 15.2. The smallest absolute Gasteiger partial charge is 0.253 e. The van der Waals surface area contributed by atoms with Gasteiger partial charge in [0.05, 0.1) is 18.3 Å². The van der Waals surface area contributed by atoms with Crippen molar-refractivity contribution in [2.75, 3.05) is 19.7 Å². The first-order chi connectivity index (χ1) is 11.6. The van der Waals surface area contributed by atoms with E-state index < -0.39 is 0 Å². The van der Waals surface area contributed by atoms with Gasteiger partial charge in [-0.05, 0) is 62.9 Å². The van der Waals surface area contributed by atoms with Crippen LogP contribution in [0, 0.1) is 13.8 Å². The van der Waals surface area contributed by atoms with Gasteiger partial charge in [0.2, 0.25) is 0 Å². The molecule has 0 N–H and O–H groups in total. The summed E-state index contributed by atoms with van der Waals surface area (Å²) in [5.74, 6) is 1.05. The Bertz CT molecular complexity index is 781. The molecule has 0 saturated carbocycles. The third-order valence-electron chi connectivity index (χ3n) is 5.00. The summed E-state index contributed by atoms with van der Waals surface area (Å²) in [7, 11) is 0. The number of carbonyl (C=O) groups is 1. The molecule has 24 heavy (non-hydrogen) atoms. The number of carbonyl (C=O) groups excluding carboxylic acids is 1. The van der Waals surface area contributed by atoms with Crippen LogP contribution >= 0.6 is 0 Å². The molecule has 1 aromatic heterocycles. The van der Waals surface area contributed by atoms with Gasteiger partial charge in [0, 0.05) is 24.3 Å². The largest absolute Gasteiger partial charge is 0.493 e. The van der Waals surface area contributed by atoms with Crippen molar-refractivity contribution in [3.8, 4) is 5.75 Å². The van der Waals surface area contributed by atoms with Gasteiger partial charge in [0.15, 0.2) is 0 Å². The SMILES string of the molecule is Cc1cc(C)n([C@@H]2CCN(C(=O)c3ccc4c(c3)CCCO4)C2)n1. The summed E-state index contributed by atoms with van der Waals surface area (Å²) in [6.45, 7) is 6.38.